The smallest absolute Gasteiger partial charge is 0.191 e. The minimum atomic E-state index is 0. The van der Waals surface area contributed by atoms with Gasteiger partial charge in [-0.25, -0.2) is 0 Å². The summed E-state index contributed by atoms with van der Waals surface area (Å²) in [7, 11) is 1.81. The van der Waals surface area contributed by atoms with Crippen molar-refractivity contribution < 1.29 is 0 Å². The molecule has 2 rings (SSSR count). The Morgan fingerprint density at radius 1 is 1.21 bits per heavy atom. The SMILES string of the molecule is CCCNC(=NC)NCc1ccc2c(c1)CCC2.I. The van der Waals surface area contributed by atoms with E-state index in [0.717, 1.165) is 25.5 Å². The van der Waals surface area contributed by atoms with Gasteiger partial charge >= 0.3 is 0 Å². The second-order valence-corrected chi connectivity index (χ2v) is 4.81. The molecule has 0 atom stereocenters. The number of aryl methyl sites for hydroxylation is 2. The number of benzene rings is 1. The Kier molecular flexibility index (Phi) is 7.20. The van der Waals surface area contributed by atoms with E-state index in [1.807, 2.05) is 7.05 Å². The van der Waals surface area contributed by atoms with E-state index in [4.69, 9.17) is 0 Å². The van der Waals surface area contributed by atoms with Crippen LogP contribution in [-0.4, -0.2) is 19.6 Å². The number of fused-ring (bicyclic) bond motifs is 1. The van der Waals surface area contributed by atoms with Crippen LogP contribution in [0.2, 0.25) is 0 Å². The van der Waals surface area contributed by atoms with Crippen molar-refractivity contribution in [1.82, 2.24) is 10.6 Å². The van der Waals surface area contributed by atoms with Gasteiger partial charge in [0.1, 0.15) is 0 Å². The molecule has 0 saturated heterocycles. The van der Waals surface area contributed by atoms with Crippen LogP contribution in [0, 0.1) is 0 Å². The maximum absolute atomic E-state index is 4.21. The molecule has 2 N–H and O–H groups in total. The molecule has 1 aromatic rings. The standard InChI is InChI=1S/C15H23N3.HI/c1-3-9-17-15(16-2)18-11-12-7-8-13-5-4-6-14(13)10-12;/h7-8,10H,3-6,9,11H2,1-2H3,(H2,16,17,18);1H. The molecule has 3 nitrogen and oxygen atoms in total. The zero-order valence-electron chi connectivity index (χ0n) is 11.8. The van der Waals surface area contributed by atoms with Gasteiger partial charge in [-0.1, -0.05) is 25.1 Å². The van der Waals surface area contributed by atoms with E-state index < -0.39 is 0 Å². The Morgan fingerprint density at radius 3 is 2.74 bits per heavy atom. The molecular formula is C15H24IN3. The number of nitrogens with one attached hydrogen (secondary N) is 2. The van der Waals surface area contributed by atoms with Crippen LogP contribution < -0.4 is 10.6 Å². The van der Waals surface area contributed by atoms with Crippen LogP contribution in [0.1, 0.15) is 36.5 Å². The third-order valence-electron chi connectivity index (χ3n) is 3.39. The second kappa shape index (κ2) is 8.40. The predicted molar refractivity (Wildman–Crippen MR) is 92.4 cm³/mol. The van der Waals surface area contributed by atoms with Crippen molar-refractivity contribution in [3.8, 4) is 0 Å². The molecule has 0 bridgehead atoms. The van der Waals surface area contributed by atoms with Crippen molar-refractivity contribution in [3.63, 3.8) is 0 Å². The van der Waals surface area contributed by atoms with E-state index in [0.29, 0.717) is 0 Å². The lowest BCUT2D eigenvalue weighted by atomic mass is 10.1. The summed E-state index contributed by atoms with van der Waals surface area (Å²) in [6, 6.07) is 6.84. The Bertz CT molecular complexity index is 429. The van der Waals surface area contributed by atoms with E-state index in [2.05, 4.69) is 40.7 Å². The quantitative estimate of drug-likeness (QED) is 0.484. The van der Waals surface area contributed by atoms with E-state index in [9.17, 15) is 0 Å². The number of guanidine groups is 1. The fraction of sp³-hybridized carbons (Fsp3) is 0.533. The van der Waals surface area contributed by atoms with Crippen LogP contribution in [0.3, 0.4) is 0 Å². The lowest BCUT2D eigenvalue weighted by molar-refractivity contribution is 0.781. The molecule has 0 radical (unpaired) electrons. The molecule has 0 spiro atoms. The fourth-order valence-corrected chi connectivity index (χ4v) is 2.38. The first-order chi connectivity index (χ1) is 8.83. The first kappa shape index (κ1) is 16.3. The van der Waals surface area contributed by atoms with Crippen LogP contribution in [0.25, 0.3) is 0 Å². The van der Waals surface area contributed by atoms with Crippen LogP contribution in [0.15, 0.2) is 23.2 Å². The van der Waals surface area contributed by atoms with E-state index in [-0.39, 0.29) is 24.0 Å². The van der Waals surface area contributed by atoms with E-state index in [1.165, 1.54) is 36.0 Å². The molecule has 19 heavy (non-hydrogen) atoms. The summed E-state index contributed by atoms with van der Waals surface area (Å²) >= 11 is 0. The minimum absolute atomic E-state index is 0. The van der Waals surface area contributed by atoms with Crippen molar-refractivity contribution in [2.24, 2.45) is 4.99 Å². The van der Waals surface area contributed by atoms with Crippen LogP contribution in [-0.2, 0) is 19.4 Å². The number of halogens is 1. The van der Waals surface area contributed by atoms with Crippen molar-refractivity contribution in [1.29, 1.82) is 0 Å². The summed E-state index contributed by atoms with van der Waals surface area (Å²) in [5.41, 5.74) is 4.41. The van der Waals surface area contributed by atoms with Gasteiger partial charge in [0.25, 0.3) is 0 Å². The Labute approximate surface area is 133 Å². The largest absolute Gasteiger partial charge is 0.356 e. The molecule has 4 heteroatoms. The lowest BCUT2D eigenvalue weighted by Gasteiger charge is -2.11. The zero-order valence-corrected chi connectivity index (χ0v) is 14.2. The number of aliphatic imine (C=N–C) groups is 1. The molecule has 0 aromatic heterocycles. The molecule has 1 aliphatic rings. The van der Waals surface area contributed by atoms with Gasteiger partial charge in [-0.15, -0.1) is 24.0 Å². The van der Waals surface area contributed by atoms with Gasteiger partial charge in [-0.05, 0) is 42.4 Å². The monoisotopic (exact) mass is 373 g/mol. The predicted octanol–water partition coefficient (Wildman–Crippen LogP) is 2.87. The molecule has 0 aliphatic heterocycles. The topological polar surface area (TPSA) is 36.4 Å². The highest BCUT2D eigenvalue weighted by molar-refractivity contribution is 14.0. The van der Waals surface area contributed by atoms with Crippen molar-refractivity contribution in [3.05, 3.63) is 34.9 Å². The highest BCUT2D eigenvalue weighted by Gasteiger charge is 2.10. The van der Waals surface area contributed by atoms with Gasteiger partial charge in [0.05, 0.1) is 0 Å². The molecule has 1 aliphatic carbocycles. The number of hydrogen-bond acceptors (Lipinski definition) is 1. The summed E-state index contributed by atoms with van der Waals surface area (Å²) < 4.78 is 0. The van der Waals surface area contributed by atoms with Gasteiger partial charge in [0.2, 0.25) is 0 Å². The maximum Gasteiger partial charge on any atom is 0.191 e. The summed E-state index contributed by atoms with van der Waals surface area (Å²) in [6.45, 7) is 3.96. The van der Waals surface area contributed by atoms with Crippen molar-refractivity contribution in [2.75, 3.05) is 13.6 Å². The molecule has 0 amide bonds. The molecule has 106 valence electrons. The van der Waals surface area contributed by atoms with Gasteiger partial charge in [0, 0.05) is 20.1 Å². The number of nitrogens with zero attached hydrogens (tertiary/aromatic N) is 1. The van der Waals surface area contributed by atoms with Crippen molar-refractivity contribution in [2.45, 2.75) is 39.2 Å². The highest BCUT2D eigenvalue weighted by atomic mass is 127. The minimum Gasteiger partial charge on any atom is -0.356 e. The second-order valence-electron chi connectivity index (χ2n) is 4.81. The van der Waals surface area contributed by atoms with Crippen LogP contribution in [0.5, 0.6) is 0 Å². The number of rotatable bonds is 4. The Hall–Kier alpha value is -0.780. The molecule has 0 saturated carbocycles. The van der Waals surface area contributed by atoms with Gasteiger partial charge in [-0.2, -0.15) is 0 Å². The van der Waals surface area contributed by atoms with Crippen molar-refractivity contribution >= 4 is 29.9 Å². The Balaban J connectivity index is 0.00000180. The molecule has 0 fully saturated rings. The summed E-state index contributed by atoms with van der Waals surface area (Å²) in [6.07, 6.45) is 4.92. The third kappa shape index (κ3) is 4.67. The maximum atomic E-state index is 4.21. The first-order valence-corrected chi connectivity index (χ1v) is 6.88. The molecule has 0 heterocycles. The molecular weight excluding hydrogens is 349 g/mol. The molecule has 0 unspecified atom stereocenters. The third-order valence-corrected chi connectivity index (χ3v) is 3.39. The van der Waals surface area contributed by atoms with Gasteiger partial charge < -0.3 is 10.6 Å². The van der Waals surface area contributed by atoms with E-state index >= 15 is 0 Å². The first-order valence-electron chi connectivity index (χ1n) is 6.88. The van der Waals surface area contributed by atoms with Gasteiger partial charge in [-0.3, -0.25) is 4.99 Å². The lowest BCUT2D eigenvalue weighted by Crippen LogP contribution is -2.37. The number of hydrogen-bond donors (Lipinski definition) is 2. The Morgan fingerprint density at radius 2 is 2.00 bits per heavy atom. The summed E-state index contributed by atoms with van der Waals surface area (Å²) in [5, 5.41) is 6.63. The highest BCUT2D eigenvalue weighted by Crippen LogP contribution is 2.22. The van der Waals surface area contributed by atoms with E-state index in [1.54, 1.807) is 0 Å². The molecule has 1 aromatic carbocycles. The van der Waals surface area contributed by atoms with Crippen LogP contribution in [0.4, 0.5) is 0 Å². The average Bonchev–Trinajstić information content (AvgIpc) is 2.86. The summed E-state index contributed by atoms with van der Waals surface area (Å²) in [5.74, 6) is 0.886. The van der Waals surface area contributed by atoms with Gasteiger partial charge in [0.15, 0.2) is 5.96 Å². The average molecular weight is 373 g/mol. The van der Waals surface area contributed by atoms with Crippen LogP contribution >= 0.6 is 24.0 Å². The zero-order chi connectivity index (χ0) is 12.8. The summed E-state index contributed by atoms with van der Waals surface area (Å²) in [4.78, 5) is 4.21. The fourth-order valence-electron chi connectivity index (χ4n) is 2.38. The normalized spacial score (nSPS) is 13.7.